The molecule has 0 fully saturated rings. The van der Waals surface area contributed by atoms with Crippen molar-refractivity contribution in [1.82, 2.24) is 5.48 Å². The van der Waals surface area contributed by atoms with E-state index in [4.69, 9.17) is 9.94 Å². The van der Waals surface area contributed by atoms with Gasteiger partial charge in [-0.15, -0.1) is 0 Å². The molecule has 0 aliphatic rings. The molecule has 2 aromatic carbocycles. The van der Waals surface area contributed by atoms with Crippen LogP contribution in [0.3, 0.4) is 0 Å². The van der Waals surface area contributed by atoms with E-state index in [1.54, 1.807) is 31.2 Å². The minimum atomic E-state index is -0.858. The molecule has 2 rings (SSSR count). The number of benzene rings is 2. The van der Waals surface area contributed by atoms with Gasteiger partial charge in [0.15, 0.2) is 0 Å². The van der Waals surface area contributed by atoms with Gasteiger partial charge in [0.05, 0.1) is 0 Å². The molecule has 0 aromatic heterocycles. The number of hydrogen-bond donors (Lipinski definition) is 4. The zero-order chi connectivity index (χ0) is 20.7. The molecule has 0 saturated carbocycles. The van der Waals surface area contributed by atoms with Crippen LogP contribution in [0.4, 0.5) is 10.5 Å². The second-order valence-corrected chi connectivity index (χ2v) is 7.46. The van der Waals surface area contributed by atoms with Crippen LogP contribution in [0, 0.1) is 16.4 Å². The summed E-state index contributed by atoms with van der Waals surface area (Å²) in [6.45, 7) is 3.67. The van der Waals surface area contributed by atoms with Crippen LogP contribution in [0.15, 0.2) is 54.6 Å². The van der Waals surface area contributed by atoms with Crippen molar-refractivity contribution < 1.29 is 24.6 Å². The quantitative estimate of drug-likeness (QED) is 0.207. The molecule has 4 N–H and O–H groups in total. The highest BCUT2D eigenvalue weighted by Gasteiger charge is 2.25. The lowest BCUT2D eigenvalue weighted by molar-refractivity contribution is -0.124. The van der Waals surface area contributed by atoms with E-state index in [0.29, 0.717) is 11.3 Å². The summed E-state index contributed by atoms with van der Waals surface area (Å²) in [5.74, 6) is -1.20. The number of nitrogens with one attached hydrogen (secondary N) is 2. The Balaban J connectivity index is 2.25. The van der Waals surface area contributed by atoms with Crippen LogP contribution in [0.25, 0.3) is 0 Å². The van der Waals surface area contributed by atoms with Gasteiger partial charge in [-0.05, 0) is 59.8 Å². The summed E-state index contributed by atoms with van der Waals surface area (Å²) in [4.78, 5) is 23.7. The summed E-state index contributed by atoms with van der Waals surface area (Å²) in [6, 6.07) is 12.2. The summed E-state index contributed by atoms with van der Waals surface area (Å²) < 4.78 is 6.42. The average molecular weight is 496 g/mol. The van der Waals surface area contributed by atoms with E-state index in [1.807, 2.05) is 19.1 Å². The monoisotopic (exact) mass is 496 g/mol. The van der Waals surface area contributed by atoms with Gasteiger partial charge in [0, 0.05) is 26.8 Å². The van der Waals surface area contributed by atoms with Gasteiger partial charge in [-0.3, -0.25) is 15.3 Å². The molecule has 7 nitrogen and oxygen atoms in total. The fourth-order valence-corrected chi connectivity index (χ4v) is 3.00. The first-order valence-electron chi connectivity index (χ1n) is 8.45. The lowest BCUT2D eigenvalue weighted by Crippen LogP contribution is -2.22. The first-order valence-corrected chi connectivity index (χ1v) is 9.53. The molecule has 0 aliphatic carbocycles. The third-order valence-electron chi connectivity index (χ3n) is 3.97. The van der Waals surface area contributed by atoms with E-state index in [9.17, 15) is 14.7 Å². The Hall–Kier alpha value is -2.59. The number of rotatable bonds is 6. The fourth-order valence-electron chi connectivity index (χ4n) is 2.48. The number of hydroxylamine groups is 1. The van der Waals surface area contributed by atoms with Crippen molar-refractivity contribution in [3.8, 4) is 5.75 Å². The van der Waals surface area contributed by atoms with Crippen LogP contribution in [0.5, 0.6) is 5.75 Å². The largest absolute Gasteiger partial charge is 0.508 e. The molecule has 2 aromatic rings. The topological polar surface area (TPSA) is 108 Å². The number of phenols is 1. The first kappa shape index (κ1) is 21.7. The van der Waals surface area contributed by atoms with Gasteiger partial charge in [0.25, 0.3) is 5.91 Å². The molecule has 2 amide bonds. The number of carbonyl (C=O) groups is 2. The highest BCUT2D eigenvalue weighted by atomic mass is 127. The second kappa shape index (κ2) is 10.1. The van der Waals surface area contributed by atoms with Crippen LogP contribution in [0.1, 0.15) is 24.2 Å². The lowest BCUT2D eigenvalue weighted by atomic mass is 9.96. The van der Waals surface area contributed by atoms with Crippen LogP contribution < -0.4 is 10.8 Å². The molecule has 8 heteroatoms. The number of hydrogen-bond acceptors (Lipinski definition) is 5. The Labute approximate surface area is 176 Å². The van der Waals surface area contributed by atoms with Crippen LogP contribution in [0.2, 0.25) is 0 Å². The molecule has 0 saturated heterocycles. The van der Waals surface area contributed by atoms with Crippen molar-refractivity contribution in [2.75, 3.05) is 5.32 Å². The van der Waals surface area contributed by atoms with Crippen LogP contribution >= 0.6 is 22.6 Å². The van der Waals surface area contributed by atoms with Crippen LogP contribution in [-0.4, -0.2) is 22.3 Å². The minimum Gasteiger partial charge on any atom is -0.508 e. The van der Waals surface area contributed by atoms with Gasteiger partial charge in [-0.2, -0.15) is 0 Å². The van der Waals surface area contributed by atoms with Crippen molar-refractivity contribution in [1.29, 1.82) is 0 Å². The Morgan fingerprint density at radius 1 is 1.18 bits per heavy atom. The normalized spacial score (nSPS) is 13.0. The summed E-state index contributed by atoms with van der Waals surface area (Å²) in [6.07, 6.45) is 1.06. The molecule has 0 spiro atoms. The van der Waals surface area contributed by atoms with E-state index < -0.39 is 24.0 Å². The minimum absolute atomic E-state index is 0.0274. The fraction of sp³-hybridized carbons (Fsp3) is 0.200. The van der Waals surface area contributed by atoms with Crippen molar-refractivity contribution in [2.45, 2.75) is 20.0 Å². The predicted octanol–water partition coefficient (Wildman–Crippen LogP) is 4.29. The highest BCUT2D eigenvalue weighted by Crippen LogP contribution is 2.34. The molecular formula is C20H21IN2O5. The van der Waals surface area contributed by atoms with Crippen LogP contribution in [-0.2, 0) is 9.53 Å². The van der Waals surface area contributed by atoms with Crippen molar-refractivity contribution in [3.05, 3.63) is 69.3 Å². The highest BCUT2D eigenvalue weighted by molar-refractivity contribution is 14.1. The van der Waals surface area contributed by atoms with E-state index in [0.717, 1.165) is 15.2 Å². The first-order chi connectivity index (χ1) is 13.3. The lowest BCUT2D eigenvalue weighted by Gasteiger charge is -2.23. The molecule has 0 heterocycles. The molecule has 28 heavy (non-hydrogen) atoms. The third-order valence-corrected chi connectivity index (χ3v) is 4.64. The Bertz CT molecular complexity index is 867. The smallest absolute Gasteiger partial charge is 0.412 e. The van der Waals surface area contributed by atoms with E-state index in [-0.39, 0.29) is 5.75 Å². The number of aromatic hydroxyl groups is 1. The van der Waals surface area contributed by atoms with E-state index >= 15 is 0 Å². The number of carbonyl (C=O) groups excluding carboxylic acids is 2. The van der Waals surface area contributed by atoms with Crippen molar-refractivity contribution in [3.63, 3.8) is 0 Å². The molecule has 0 radical (unpaired) electrons. The Morgan fingerprint density at radius 3 is 2.50 bits per heavy atom. The maximum Gasteiger partial charge on any atom is 0.412 e. The van der Waals surface area contributed by atoms with Gasteiger partial charge >= 0.3 is 6.09 Å². The standard InChI is InChI=1S/C20H21IN2O5/c1-12-3-7-15(8-4-12)22-20(26)28-19(13(2)5-10-18(25)23-27)16-11-14(21)6-9-17(16)24/h3-11,13,19,24,27H,1-2H3,(H,22,26)(H,23,25)/b10-5+/t13-,19-/m0/s1. The van der Waals surface area contributed by atoms with Gasteiger partial charge in [-0.25, -0.2) is 10.3 Å². The summed E-state index contributed by atoms with van der Waals surface area (Å²) in [5, 5.41) is 21.5. The second-order valence-electron chi connectivity index (χ2n) is 6.21. The Kier molecular flexibility index (Phi) is 7.82. The number of amides is 2. The van der Waals surface area contributed by atoms with Gasteiger partial charge in [0.2, 0.25) is 0 Å². The average Bonchev–Trinajstić information content (AvgIpc) is 2.67. The molecule has 0 aliphatic heterocycles. The summed E-state index contributed by atoms with van der Waals surface area (Å²) in [7, 11) is 0. The number of aryl methyl sites for hydroxylation is 1. The third kappa shape index (κ3) is 6.24. The number of halogens is 1. The maximum atomic E-state index is 12.4. The van der Waals surface area contributed by atoms with Crippen molar-refractivity contribution >= 4 is 40.3 Å². The van der Waals surface area contributed by atoms with Gasteiger partial charge in [0.1, 0.15) is 11.9 Å². The molecule has 2 atom stereocenters. The molecule has 0 unspecified atom stereocenters. The number of phenolic OH excluding ortho intramolecular Hbond substituents is 1. The van der Waals surface area contributed by atoms with Gasteiger partial charge < -0.3 is 9.84 Å². The summed E-state index contributed by atoms with van der Waals surface area (Å²) >= 11 is 2.09. The number of ether oxygens (including phenoxy) is 1. The molecular weight excluding hydrogens is 475 g/mol. The zero-order valence-electron chi connectivity index (χ0n) is 15.3. The SMILES string of the molecule is Cc1ccc(NC(=O)O[C@H](c2cc(I)ccc2O)[C@@H](C)/C=C/C(=O)NO)cc1. The summed E-state index contributed by atoms with van der Waals surface area (Å²) in [5.41, 5.74) is 3.54. The zero-order valence-corrected chi connectivity index (χ0v) is 17.5. The van der Waals surface area contributed by atoms with Crippen molar-refractivity contribution in [2.24, 2.45) is 5.92 Å². The van der Waals surface area contributed by atoms with Gasteiger partial charge in [-0.1, -0.05) is 30.7 Å². The predicted molar refractivity (Wildman–Crippen MR) is 113 cm³/mol. The molecule has 148 valence electrons. The number of anilines is 1. The Morgan fingerprint density at radius 2 is 1.86 bits per heavy atom. The maximum absolute atomic E-state index is 12.4. The molecule has 0 bridgehead atoms. The van der Waals surface area contributed by atoms with E-state index in [2.05, 4.69) is 27.9 Å². The van der Waals surface area contributed by atoms with E-state index in [1.165, 1.54) is 17.6 Å².